The number of hydrogen-bond donors (Lipinski definition) is 0. The zero-order chi connectivity index (χ0) is 40.6. The number of benzene rings is 3. The van der Waals surface area contributed by atoms with Crippen LogP contribution in [0.15, 0.2) is 91.4 Å². The maximum absolute atomic E-state index is 9.40. The number of rotatable bonds is 6. The Hall–Kier alpha value is -4.54. The van der Waals surface area contributed by atoms with Crippen LogP contribution < -0.4 is 9.30 Å². The second-order valence-corrected chi connectivity index (χ2v) is 18.4. The van der Waals surface area contributed by atoms with E-state index in [0.29, 0.717) is 23.0 Å². The van der Waals surface area contributed by atoms with E-state index in [9.17, 15) is 2.74 Å². The van der Waals surface area contributed by atoms with E-state index < -0.39 is 11.8 Å². The van der Waals surface area contributed by atoms with Gasteiger partial charge in [0.05, 0.1) is 17.2 Å². The molecule has 7 rings (SSSR count). The van der Waals surface area contributed by atoms with Crippen molar-refractivity contribution in [3.8, 4) is 28.8 Å². The molecule has 0 spiro atoms. The molecule has 288 valence electrons. The van der Waals surface area contributed by atoms with Gasteiger partial charge in [0.1, 0.15) is 5.82 Å². The fraction of sp³-hybridized carbons (Fsp3) is 0.354. The number of imidazole rings is 1. The largest absolute Gasteiger partial charge is 0.522 e. The van der Waals surface area contributed by atoms with E-state index in [0.717, 1.165) is 33.3 Å². The summed E-state index contributed by atoms with van der Waals surface area (Å²) in [6.45, 7) is 25.6. The number of pyridine rings is 2. The summed E-state index contributed by atoms with van der Waals surface area (Å²) < 4.78 is 31.0. The molecule has 7 aromatic rings. The van der Waals surface area contributed by atoms with Crippen molar-refractivity contribution < 1.29 is 33.1 Å². The van der Waals surface area contributed by atoms with Crippen molar-refractivity contribution >= 4 is 21.8 Å². The van der Waals surface area contributed by atoms with Crippen molar-refractivity contribution in [2.24, 2.45) is 5.41 Å². The monoisotopic (exact) mass is 912 g/mol. The molecule has 0 amide bonds. The molecule has 4 aromatic heterocycles. The molecule has 0 saturated carbocycles. The number of hydrogen-bond acceptors (Lipinski definition) is 3. The molecule has 0 N–H and O–H groups in total. The topological polar surface area (TPSA) is 48.8 Å². The second kappa shape index (κ2) is 14.5. The molecule has 7 heteroatoms. The first-order chi connectivity index (χ1) is 26.0. The summed E-state index contributed by atoms with van der Waals surface area (Å²) in [4.78, 5) is 9.46. The molecule has 4 heterocycles. The van der Waals surface area contributed by atoms with E-state index in [1.807, 2.05) is 49.7 Å². The predicted molar refractivity (Wildman–Crippen MR) is 220 cm³/mol. The van der Waals surface area contributed by atoms with Crippen LogP contribution >= 0.6 is 0 Å². The van der Waals surface area contributed by atoms with Gasteiger partial charge >= 0.3 is 0 Å². The van der Waals surface area contributed by atoms with Crippen LogP contribution in [0.2, 0.25) is 0 Å². The molecule has 0 atom stereocenters. The van der Waals surface area contributed by atoms with E-state index >= 15 is 0 Å². The average Bonchev–Trinajstić information content (AvgIpc) is 3.71. The zero-order valence-electron chi connectivity index (χ0n) is 36.1. The van der Waals surface area contributed by atoms with Crippen molar-refractivity contribution in [3.05, 3.63) is 132 Å². The fourth-order valence-corrected chi connectivity index (χ4v) is 6.59. The SMILES string of the molecule is [2H]C([2H])(c1cn(-c2[c-]c(Oc3[c-]c4c(cc3)c3ccccc3n4-c3cc(C(C)(C)C)ccn3)ccn2)[c-][n+]1-c1cc(C(C)(C)C)cc(C(C)(C)C)c1)C(C)(C)C.[Pt]. The standard InChI is InChI=1S/C48H53N5O.Pt/c1-45(2,3)29-36-30-51(31-52(36)35-24-33(47(7,8)9)23-34(25-35)48(10,11)12)43-28-38(20-22-49-43)54-37-17-18-40-39-15-13-14-16-41(39)53(42(40)27-37)44-26-32(19-21-50-44)46(4,5)6;/h13-26,30H,29H2,1-12H3;/q-2;/i29D2;. The van der Waals surface area contributed by atoms with Crippen LogP contribution in [0.1, 0.15) is 108 Å². The molecular weight excluding hydrogens is 858 g/mol. The Morgan fingerprint density at radius 1 is 0.691 bits per heavy atom. The van der Waals surface area contributed by atoms with Gasteiger partial charge in [-0.05, 0) is 86.2 Å². The Kier molecular flexibility index (Phi) is 9.86. The van der Waals surface area contributed by atoms with Crippen molar-refractivity contribution in [1.29, 1.82) is 0 Å². The third-order valence-corrected chi connectivity index (χ3v) is 9.61. The molecule has 0 unspecified atom stereocenters. The number of ether oxygens (including phenoxy) is 1. The van der Waals surface area contributed by atoms with Crippen LogP contribution in [-0.2, 0) is 43.7 Å². The van der Waals surface area contributed by atoms with Gasteiger partial charge in [-0.3, -0.25) is 14.1 Å². The summed E-state index contributed by atoms with van der Waals surface area (Å²) in [7, 11) is 0. The molecule has 0 aliphatic heterocycles. The molecular formula is C48H53N5OPt-2. The Balaban J connectivity index is 0.00000549. The summed E-state index contributed by atoms with van der Waals surface area (Å²) in [6, 6.07) is 31.7. The summed E-state index contributed by atoms with van der Waals surface area (Å²) in [5.41, 5.74) is 5.74. The third-order valence-electron chi connectivity index (χ3n) is 9.61. The van der Waals surface area contributed by atoms with Crippen LogP contribution in [0.4, 0.5) is 0 Å². The molecule has 0 aliphatic rings. The zero-order valence-corrected chi connectivity index (χ0v) is 36.4. The second-order valence-electron chi connectivity index (χ2n) is 18.4. The van der Waals surface area contributed by atoms with Gasteiger partial charge in [-0.2, -0.15) is 18.2 Å². The Morgan fingerprint density at radius 3 is 1.98 bits per heavy atom. The van der Waals surface area contributed by atoms with Gasteiger partial charge in [0, 0.05) is 47.5 Å². The minimum absolute atomic E-state index is 0. The molecule has 0 saturated heterocycles. The van der Waals surface area contributed by atoms with Crippen molar-refractivity contribution in [2.45, 2.75) is 106 Å². The fourth-order valence-electron chi connectivity index (χ4n) is 6.59. The van der Waals surface area contributed by atoms with Gasteiger partial charge < -0.3 is 9.30 Å². The Bertz CT molecular complexity index is 2560. The smallest absolute Gasteiger partial charge is 0.269 e. The first kappa shape index (κ1) is 37.4. The van der Waals surface area contributed by atoms with E-state index in [2.05, 4.69) is 139 Å². The first-order valence-electron chi connectivity index (χ1n) is 19.7. The molecule has 3 aromatic carbocycles. The molecule has 0 bridgehead atoms. The van der Waals surface area contributed by atoms with Gasteiger partial charge in [0.25, 0.3) is 6.33 Å². The van der Waals surface area contributed by atoms with Crippen LogP contribution in [0.25, 0.3) is 39.1 Å². The normalized spacial score (nSPS) is 13.5. The Labute approximate surface area is 344 Å². The minimum Gasteiger partial charge on any atom is -0.522 e. The van der Waals surface area contributed by atoms with E-state index in [1.54, 1.807) is 23.0 Å². The maximum atomic E-state index is 9.40. The van der Waals surface area contributed by atoms with Gasteiger partial charge in [-0.15, -0.1) is 17.5 Å². The number of nitrogens with zero attached hydrogens (tertiary/aromatic N) is 5. The summed E-state index contributed by atoms with van der Waals surface area (Å²) in [6.07, 6.45) is 7.04. The van der Waals surface area contributed by atoms with Crippen molar-refractivity contribution in [2.75, 3.05) is 0 Å². The quantitative estimate of drug-likeness (QED) is 0.123. The number of aromatic nitrogens is 5. The average molecular weight is 913 g/mol. The van der Waals surface area contributed by atoms with E-state index in [-0.39, 0.29) is 37.3 Å². The number of fused-ring (bicyclic) bond motifs is 3. The Morgan fingerprint density at radius 2 is 1.33 bits per heavy atom. The maximum Gasteiger partial charge on any atom is 0.269 e. The summed E-state index contributed by atoms with van der Waals surface area (Å²) >= 11 is 0. The van der Waals surface area contributed by atoms with E-state index in [1.165, 1.54) is 16.7 Å². The summed E-state index contributed by atoms with van der Waals surface area (Å²) in [5.74, 6) is 2.21. The van der Waals surface area contributed by atoms with Gasteiger partial charge in [0.2, 0.25) is 0 Å². The minimum atomic E-state index is -1.73. The van der Waals surface area contributed by atoms with Gasteiger partial charge in [-0.25, -0.2) is 4.98 Å². The molecule has 0 radical (unpaired) electrons. The van der Waals surface area contributed by atoms with Crippen LogP contribution in [0.5, 0.6) is 11.5 Å². The van der Waals surface area contributed by atoms with Crippen LogP contribution in [0.3, 0.4) is 0 Å². The number of para-hydroxylation sites is 1. The molecule has 0 fully saturated rings. The van der Waals surface area contributed by atoms with Crippen LogP contribution in [-0.4, -0.2) is 19.1 Å². The van der Waals surface area contributed by atoms with E-state index in [4.69, 9.17) is 9.72 Å². The molecule has 6 nitrogen and oxygen atoms in total. The van der Waals surface area contributed by atoms with Gasteiger partial charge in [-0.1, -0.05) is 119 Å². The predicted octanol–water partition coefficient (Wildman–Crippen LogP) is 11.3. The third kappa shape index (κ3) is 8.50. The molecule has 55 heavy (non-hydrogen) atoms. The summed E-state index contributed by atoms with van der Waals surface area (Å²) in [5, 5.41) is 2.16. The van der Waals surface area contributed by atoms with Crippen molar-refractivity contribution in [1.82, 2.24) is 19.1 Å². The first-order valence-corrected chi connectivity index (χ1v) is 18.7. The molecule has 0 aliphatic carbocycles. The van der Waals surface area contributed by atoms with Crippen molar-refractivity contribution in [3.63, 3.8) is 0 Å². The van der Waals surface area contributed by atoms with Gasteiger partial charge in [0.15, 0.2) is 0 Å². The van der Waals surface area contributed by atoms with Crippen LogP contribution in [0, 0.1) is 23.9 Å².